The molecule has 32 heavy (non-hydrogen) atoms. The first-order valence-electron chi connectivity index (χ1n) is 10.5. The number of nitrogens with one attached hydrogen (secondary N) is 2. The normalized spacial score (nSPS) is 12.6. The minimum absolute atomic E-state index is 0.0436. The average molecular weight is 480 g/mol. The largest absolute Gasteiger partial charge is 0.350 e. The van der Waals surface area contributed by atoms with E-state index in [0.29, 0.717) is 24.7 Å². The lowest BCUT2D eigenvalue weighted by molar-refractivity contribution is -0.124. The monoisotopic (exact) mass is 479 g/mol. The van der Waals surface area contributed by atoms with E-state index in [1.54, 1.807) is 26.0 Å². The van der Waals surface area contributed by atoms with Gasteiger partial charge >= 0.3 is 0 Å². The maximum atomic E-state index is 12.8. The maximum absolute atomic E-state index is 12.8. The summed E-state index contributed by atoms with van der Waals surface area (Å²) < 4.78 is 26.9. The van der Waals surface area contributed by atoms with Crippen molar-refractivity contribution >= 4 is 33.4 Å². The third kappa shape index (κ3) is 6.54. The van der Waals surface area contributed by atoms with Crippen molar-refractivity contribution in [3.8, 4) is 0 Å². The van der Waals surface area contributed by atoms with E-state index in [0.717, 1.165) is 5.56 Å². The van der Waals surface area contributed by atoms with E-state index in [2.05, 4.69) is 10.6 Å². The molecule has 2 aromatic carbocycles. The third-order valence-electron chi connectivity index (χ3n) is 5.06. The first-order chi connectivity index (χ1) is 15.1. The van der Waals surface area contributed by atoms with E-state index >= 15 is 0 Å². The van der Waals surface area contributed by atoms with Crippen LogP contribution in [0.1, 0.15) is 43.6 Å². The van der Waals surface area contributed by atoms with Crippen molar-refractivity contribution < 1.29 is 18.0 Å². The van der Waals surface area contributed by atoms with Crippen molar-refractivity contribution in [1.82, 2.24) is 14.9 Å². The second-order valence-electron chi connectivity index (χ2n) is 7.66. The smallest absolute Gasteiger partial charge is 0.251 e. The number of carbonyl (C=O) groups is 2. The minimum Gasteiger partial charge on any atom is -0.350 e. The molecule has 0 aliphatic heterocycles. The fourth-order valence-corrected chi connectivity index (χ4v) is 4.80. The van der Waals surface area contributed by atoms with Crippen LogP contribution in [0, 0.1) is 5.92 Å². The quantitative estimate of drug-likeness (QED) is 0.545. The first kappa shape index (κ1) is 25.8. The van der Waals surface area contributed by atoms with Crippen molar-refractivity contribution in [2.75, 3.05) is 13.1 Å². The van der Waals surface area contributed by atoms with Gasteiger partial charge in [-0.3, -0.25) is 9.59 Å². The highest BCUT2D eigenvalue weighted by molar-refractivity contribution is 7.89. The minimum atomic E-state index is -3.70. The molecule has 2 rings (SSSR count). The fourth-order valence-electron chi connectivity index (χ4n) is 3.17. The van der Waals surface area contributed by atoms with Crippen LogP contribution in [-0.4, -0.2) is 43.7 Å². The lowest BCUT2D eigenvalue weighted by Crippen LogP contribution is -2.49. The molecule has 9 heteroatoms. The molecule has 0 unspecified atom stereocenters. The topological polar surface area (TPSA) is 95.6 Å². The van der Waals surface area contributed by atoms with E-state index in [1.807, 2.05) is 26.0 Å². The van der Waals surface area contributed by atoms with E-state index in [1.165, 1.54) is 28.6 Å². The molecule has 1 atom stereocenters. The number of nitrogens with zero attached hydrogens (tertiary/aromatic N) is 1. The maximum Gasteiger partial charge on any atom is 0.251 e. The highest BCUT2D eigenvalue weighted by atomic mass is 35.5. The Hall–Kier alpha value is -2.42. The second-order valence-corrected chi connectivity index (χ2v) is 10.0. The number of halogens is 1. The number of hydrogen-bond donors (Lipinski definition) is 2. The molecule has 0 bridgehead atoms. The summed E-state index contributed by atoms with van der Waals surface area (Å²) in [5.41, 5.74) is 1.06. The zero-order chi connectivity index (χ0) is 23.9. The van der Waals surface area contributed by atoms with Gasteiger partial charge in [-0.05, 0) is 41.8 Å². The van der Waals surface area contributed by atoms with Crippen molar-refractivity contribution in [1.29, 1.82) is 0 Å². The average Bonchev–Trinajstić information content (AvgIpc) is 2.77. The van der Waals surface area contributed by atoms with Crippen LogP contribution in [-0.2, 0) is 21.4 Å². The van der Waals surface area contributed by atoms with Gasteiger partial charge in [0.2, 0.25) is 15.9 Å². The van der Waals surface area contributed by atoms with Crippen LogP contribution in [0.4, 0.5) is 0 Å². The summed E-state index contributed by atoms with van der Waals surface area (Å²) in [7, 11) is -3.70. The Morgan fingerprint density at radius 3 is 2.22 bits per heavy atom. The summed E-state index contributed by atoms with van der Waals surface area (Å²) >= 11 is 5.88. The second kappa shape index (κ2) is 11.4. The van der Waals surface area contributed by atoms with Gasteiger partial charge in [0.05, 0.1) is 4.90 Å². The lowest BCUT2D eigenvalue weighted by atomic mass is 10.0. The summed E-state index contributed by atoms with van der Waals surface area (Å²) in [6.45, 7) is 8.13. The molecular formula is C23H30ClN3O4S. The van der Waals surface area contributed by atoms with Gasteiger partial charge < -0.3 is 10.6 Å². The van der Waals surface area contributed by atoms with Gasteiger partial charge in [0.25, 0.3) is 5.91 Å². The number of hydrogen-bond acceptors (Lipinski definition) is 4. The summed E-state index contributed by atoms with van der Waals surface area (Å²) in [4.78, 5) is 25.6. The van der Waals surface area contributed by atoms with Gasteiger partial charge in [-0.15, -0.1) is 0 Å². The van der Waals surface area contributed by atoms with Crippen LogP contribution in [0.25, 0.3) is 0 Å². The van der Waals surface area contributed by atoms with Crippen molar-refractivity contribution in [2.24, 2.45) is 5.92 Å². The molecule has 0 aromatic heterocycles. The van der Waals surface area contributed by atoms with Crippen LogP contribution in [0.3, 0.4) is 0 Å². The number of benzene rings is 2. The molecule has 2 aromatic rings. The van der Waals surface area contributed by atoms with Crippen LogP contribution in [0.15, 0.2) is 53.4 Å². The van der Waals surface area contributed by atoms with Crippen LogP contribution >= 0.6 is 11.6 Å². The molecule has 0 saturated carbocycles. The summed E-state index contributed by atoms with van der Waals surface area (Å²) in [5, 5.41) is 6.17. The van der Waals surface area contributed by atoms with Crippen molar-refractivity contribution in [3.05, 3.63) is 64.7 Å². The highest BCUT2D eigenvalue weighted by Crippen LogP contribution is 2.17. The van der Waals surface area contributed by atoms with Gasteiger partial charge in [0, 0.05) is 30.2 Å². The molecule has 0 saturated heterocycles. The van der Waals surface area contributed by atoms with Crippen molar-refractivity contribution in [2.45, 2.75) is 45.2 Å². The Morgan fingerprint density at radius 2 is 1.66 bits per heavy atom. The van der Waals surface area contributed by atoms with E-state index in [-0.39, 0.29) is 22.3 Å². The van der Waals surface area contributed by atoms with Crippen LogP contribution in [0.5, 0.6) is 0 Å². The molecule has 2 amide bonds. The SMILES string of the molecule is CCN(CC)S(=O)(=O)c1cccc(C(=O)N[C@@H](C(=O)NCc2ccc(Cl)cc2)C(C)C)c1. The Balaban J connectivity index is 2.14. The highest BCUT2D eigenvalue weighted by Gasteiger charge is 2.26. The van der Waals surface area contributed by atoms with Gasteiger partial charge in [0.1, 0.15) is 6.04 Å². The predicted molar refractivity (Wildman–Crippen MR) is 126 cm³/mol. The summed E-state index contributed by atoms with van der Waals surface area (Å²) in [6, 6.07) is 12.2. The zero-order valence-electron chi connectivity index (χ0n) is 18.8. The van der Waals surface area contributed by atoms with E-state index in [9.17, 15) is 18.0 Å². The zero-order valence-corrected chi connectivity index (χ0v) is 20.3. The Kier molecular flexibility index (Phi) is 9.24. The molecular weight excluding hydrogens is 450 g/mol. The molecule has 2 N–H and O–H groups in total. The lowest BCUT2D eigenvalue weighted by Gasteiger charge is -2.22. The van der Waals surface area contributed by atoms with Crippen LogP contribution < -0.4 is 10.6 Å². The summed E-state index contributed by atoms with van der Waals surface area (Å²) in [5.74, 6) is -1.01. The molecule has 0 heterocycles. The van der Waals surface area contributed by atoms with Crippen LogP contribution in [0.2, 0.25) is 5.02 Å². The molecule has 0 aliphatic carbocycles. The number of rotatable bonds is 10. The Morgan fingerprint density at radius 1 is 1.03 bits per heavy atom. The third-order valence-corrected chi connectivity index (χ3v) is 7.35. The predicted octanol–water partition coefficient (Wildman–Crippen LogP) is 3.44. The number of carbonyl (C=O) groups excluding carboxylic acids is 2. The number of sulfonamides is 1. The Labute approximate surface area is 195 Å². The van der Waals surface area contributed by atoms with Gasteiger partial charge in [-0.2, -0.15) is 4.31 Å². The van der Waals surface area contributed by atoms with Gasteiger partial charge in [0.15, 0.2) is 0 Å². The first-order valence-corrected chi connectivity index (χ1v) is 12.3. The molecule has 0 spiro atoms. The summed E-state index contributed by atoms with van der Waals surface area (Å²) in [6.07, 6.45) is 0. The molecule has 0 fully saturated rings. The van der Waals surface area contributed by atoms with Gasteiger partial charge in [-0.1, -0.05) is 57.5 Å². The van der Waals surface area contributed by atoms with Gasteiger partial charge in [-0.25, -0.2) is 8.42 Å². The number of amides is 2. The fraction of sp³-hybridized carbons (Fsp3) is 0.391. The molecule has 0 aliphatic rings. The van der Waals surface area contributed by atoms with E-state index < -0.39 is 22.0 Å². The molecule has 0 radical (unpaired) electrons. The molecule has 174 valence electrons. The van der Waals surface area contributed by atoms with E-state index in [4.69, 9.17) is 11.6 Å². The Bertz CT molecular complexity index is 1040. The van der Waals surface area contributed by atoms with Crippen molar-refractivity contribution in [3.63, 3.8) is 0 Å². The standard InChI is InChI=1S/C23H30ClN3O4S/c1-5-27(6-2)32(30,31)20-9-7-8-18(14-20)22(28)26-21(16(3)4)23(29)25-15-17-10-12-19(24)13-11-17/h7-14,16,21H,5-6,15H2,1-4H3,(H,25,29)(H,26,28)/t21-/m1/s1. The molecule has 7 nitrogen and oxygen atoms in total.